The average molecular weight is 398 g/mol. The van der Waals surface area contributed by atoms with Crippen LogP contribution in [0.4, 0.5) is 16.4 Å². The van der Waals surface area contributed by atoms with Crippen LogP contribution in [0.25, 0.3) is 11.0 Å². The molecule has 0 unspecified atom stereocenters. The van der Waals surface area contributed by atoms with Gasteiger partial charge in [0.2, 0.25) is 5.95 Å². The molecule has 0 radical (unpaired) electrons. The number of piperazine rings is 1. The minimum Gasteiger partial charge on any atom is -0.453 e. The number of benzene rings is 2. The molecule has 0 bridgehead atoms. The normalized spacial score (nSPS) is 15.0. The third kappa shape index (κ3) is 4.23. The molecule has 28 heavy (non-hydrogen) atoms. The van der Waals surface area contributed by atoms with E-state index in [1.165, 1.54) is 17.7 Å². The van der Waals surface area contributed by atoms with E-state index < -0.39 is 6.09 Å². The first-order valence-corrected chi connectivity index (χ1v) is 9.98. The number of rotatable bonds is 4. The lowest BCUT2D eigenvalue weighted by Gasteiger charge is -2.34. The first-order chi connectivity index (χ1) is 13.6. The van der Waals surface area contributed by atoms with Crippen molar-refractivity contribution in [3.05, 3.63) is 42.5 Å². The molecule has 2 aromatic carbocycles. The van der Waals surface area contributed by atoms with Crippen LogP contribution in [0.2, 0.25) is 0 Å². The number of nitrogens with zero attached hydrogens (tertiary/aromatic N) is 3. The van der Waals surface area contributed by atoms with Gasteiger partial charge in [0, 0.05) is 41.7 Å². The summed E-state index contributed by atoms with van der Waals surface area (Å²) in [7, 11) is 3.49. The molecule has 1 aliphatic heterocycles. The van der Waals surface area contributed by atoms with Gasteiger partial charge in [0.1, 0.15) is 0 Å². The number of nitrogens with one attached hydrogen (secondary N) is 2. The van der Waals surface area contributed by atoms with Gasteiger partial charge in [0.05, 0.1) is 18.1 Å². The fourth-order valence-electron chi connectivity index (χ4n) is 3.18. The molecule has 1 aliphatic rings. The number of ether oxygens (including phenoxy) is 1. The van der Waals surface area contributed by atoms with Crippen molar-refractivity contribution in [1.29, 1.82) is 0 Å². The maximum Gasteiger partial charge on any atom is 0.413 e. The molecule has 7 nitrogen and oxygen atoms in total. The van der Waals surface area contributed by atoms with Gasteiger partial charge in [-0.25, -0.2) is 9.78 Å². The molecular weight excluding hydrogens is 374 g/mol. The summed E-state index contributed by atoms with van der Waals surface area (Å²) in [4.78, 5) is 25.8. The lowest BCUT2D eigenvalue weighted by atomic mass is 10.2. The number of amides is 1. The molecule has 2 N–H and O–H groups in total. The molecule has 1 saturated heterocycles. The number of H-pyrrole nitrogens is 1. The Labute approximate surface area is 168 Å². The number of carbonyl (C=O) groups is 1. The van der Waals surface area contributed by atoms with E-state index in [1.807, 2.05) is 18.2 Å². The summed E-state index contributed by atoms with van der Waals surface area (Å²) >= 11 is 1.70. The van der Waals surface area contributed by atoms with Crippen LogP contribution in [0.3, 0.4) is 0 Å². The Hall–Kier alpha value is -2.71. The van der Waals surface area contributed by atoms with Crippen LogP contribution >= 0.6 is 11.8 Å². The van der Waals surface area contributed by atoms with Crippen LogP contribution in [0.1, 0.15) is 0 Å². The van der Waals surface area contributed by atoms with Gasteiger partial charge in [0.25, 0.3) is 0 Å². The maximum absolute atomic E-state index is 11.3. The fourth-order valence-corrected chi connectivity index (χ4v) is 4.04. The van der Waals surface area contributed by atoms with Gasteiger partial charge in [-0.1, -0.05) is 11.8 Å². The number of fused-ring (bicyclic) bond motifs is 1. The lowest BCUT2D eigenvalue weighted by Crippen LogP contribution is -2.44. The number of hydrogen-bond acceptors (Lipinski definition) is 6. The molecule has 146 valence electrons. The SMILES string of the molecule is COC(=O)Nc1nc2ccc(Sc3ccc(N4CCN(C)CC4)cc3)cc2[nH]1. The number of anilines is 2. The quantitative estimate of drug-likeness (QED) is 0.700. The summed E-state index contributed by atoms with van der Waals surface area (Å²) in [6, 6.07) is 14.7. The second-order valence-corrected chi connectivity index (χ2v) is 7.91. The first kappa shape index (κ1) is 18.6. The van der Waals surface area contributed by atoms with Crippen LogP contribution in [0.15, 0.2) is 52.3 Å². The number of likely N-dealkylation sites (N-methyl/N-ethyl adjacent to an activating group) is 1. The highest BCUT2D eigenvalue weighted by Gasteiger charge is 2.14. The number of hydrogen-bond donors (Lipinski definition) is 2. The van der Waals surface area contributed by atoms with Gasteiger partial charge in [-0.15, -0.1) is 0 Å². The molecular formula is C20H23N5O2S. The molecule has 0 spiro atoms. The number of carbonyl (C=O) groups excluding carboxylic acids is 1. The molecule has 0 atom stereocenters. The van der Waals surface area contributed by atoms with Crippen molar-refractivity contribution in [1.82, 2.24) is 14.9 Å². The third-order valence-electron chi connectivity index (χ3n) is 4.80. The molecule has 1 amide bonds. The zero-order chi connectivity index (χ0) is 19.5. The van der Waals surface area contributed by atoms with Gasteiger partial charge in [-0.2, -0.15) is 0 Å². The van der Waals surface area contributed by atoms with Crippen molar-refractivity contribution in [2.75, 3.05) is 50.6 Å². The summed E-state index contributed by atoms with van der Waals surface area (Å²) in [5.74, 6) is 0.375. The Morgan fingerprint density at radius 3 is 2.54 bits per heavy atom. The predicted octanol–water partition coefficient (Wildman–Crippen LogP) is 3.64. The third-order valence-corrected chi connectivity index (χ3v) is 5.80. The van der Waals surface area contributed by atoms with Crippen LogP contribution < -0.4 is 10.2 Å². The molecule has 0 aliphatic carbocycles. The number of aromatic nitrogens is 2. The highest BCUT2D eigenvalue weighted by Crippen LogP contribution is 2.31. The van der Waals surface area contributed by atoms with E-state index in [-0.39, 0.29) is 0 Å². The van der Waals surface area contributed by atoms with E-state index in [0.29, 0.717) is 5.95 Å². The summed E-state index contributed by atoms with van der Waals surface area (Å²) in [6.07, 6.45) is -0.547. The Bertz CT molecular complexity index is 964. The van der Waals surface area contributed by atoms with E-state index in [4.69, 9.17) is 0 Å². The van der Waals surface area contributed by atoms with Gasteiger partial charge in [-0.3, -0.25) is 5.32 Å². The van der Waals surface area contributed by atoms with Gasteiger partial charge >= 0.3 is 6.09 Å². The van der Waals surface area contributed by atoms with Crippen molar-refractivity contribution in [2.24, 2.45) is 0 Å². The molecule has 0 saturated carbocycles. The van der Waals surface area contributed by atoms with E-state index in [2.05, 4.69) is 61.1 Å². The van der Waals surface area contributed by atoms with Crippen molar-refractivity contribution in [3.8, 4) is 0 Å². The Morgan fingerprint density at radius 2 is 1.82 bits per heavy atom. The van der Waals surface area contributed by atoms with Crippen molar-refractivity contribution in [3.63, 3.8) is 0 Å². The molecule has 1 fully saturated rings. The Kier molecular flexibility index (Phi) is 5.40. The second kappa shape index (κ2) is 8.12. The number of methoxy groups -OCH3 is 1. The largest absolute Gasteiger partial charge is 0.453 e. The average Bonchev–Trinajstić information content (AvgIpc) is 3.10. The minimum atomic E-state index is -0.547. The van der Waals surface area contributed by atoms with Gasteiger partial charge < -0.3 is 19.5 Å². The van der Waals surface area contributed by atoms with Crippen molar-refractivity contribution < 1.29 is 9.53 Å². The first-order valence-electron chi connectivity index (χ1n) is 9.17. The van der Waals surface area contributed by atoms with Gasteiger partial charge in [0.15, 0.2) is 0 Å². The topological polar surface area (TPSA) is 73.5 Å². The maximum atomic E-state index is 11.3. The van der Waals surface area contributed by atoms with Gasteiger partial charge in [-0.05, 0) is 49.5 Å². The molecule has 8 heteroatoms. The fraction of sp³-hybridized carbons (Fsp3) is 0.300. The van der Waals surface area contributed by atoms with Crippen LogP contribution in [0, 0.1) is 0 Å². The highest BCUT2D eigenvalue weighted by molar-refractivity contribution is 7.99. The molecule has 2 heterocycles. The summed E-state index contributed by atoms with van der Waals surface area (Å²) in [6.45, 7) is 4.35. The Balaban J connectivity index is 1.44. The van der Waals surface area contributed by atoms with E-state index in [0.717, 1.165) is 42.1 Å². The second-order valence-electron chi connectivity index (χ2n) is 6.77. The standard InChI is InChI=1S/C20H23N5O2S/c1-24-9-11-25(12-10-24)14-3-5-15(6-4-14)28-16-7-8-17-18(13-16)22-19(21-17)23-20(26)27-2/h3-8,13H,9-12H2,1-2H3,(H2,21,22,23,26). The molecule has 4 rings (SSSR count). The molecule has 1 aromatic heterocycles. The zero-order valence-corrected chi connectivity index (χ0v) is 16.8. The predicted molar refractivity (Wildman–Crippen MR) is 112 cm³/mol. The monoisotopic (exact) mass is 397 g/mol. The molecule has 3 aromatic rings. The van der Waals surface area contributed by atoms with Crippen LogP contribution in [-0.2, 0) is 4.74 Å². The van der Waals surface area contributed by atoms with Crippen molar-refractivity contribution in [2.45, 2.75) is 9.79 Å². The Morgan fingerprint density at radius 1 is 1.11 bits per heavy atom. The van der Waals surface area contributed by atoms with Crippen LogP contribution in [-0.4, -0.2) is 61.3 Å². The lowest BCUT2D eigenvalue weighted by molar-refractivity contribution is 0.186. The summed E-state index contributed by atoms with van der Waals surface area (Å²) < 4.78 is 4.59. The van der Waals surface area contributed by atoms with E-state index in [1.54, 1.807) is 11.8 Å². The zero-order valence-electron chi connectivity index (χ0n) is 15.9. The van der Waals surface area contributed by atoms with E-state index >= 15 is 0 Å². The number of aromatic amines is 1. The number of imidazole rings is 1. The highest BCUT2D eigenvalue weighted by atomic mass is 32.2. The van der Waals surface area contributed by atoms with Crippen molar-refractivity contribution >= 4 is 40.5 Å². The van der Waals surface area contributed by atoms with Crippen LogP contribution in [0.5, 0.6) is 0 Å². The van der Waals surface area contributed by atoms with E-state index in [9.17, 15) is 4.79 Å². The smallest absolute Gasteiger partial charge is 0.413 e. The summed E-state index contributed by atoms with van der Waals surface area (Å²) in [5, 5.41) is 2.55. The minimum absolute atomic E-state index is 0.375. The summed E-state index contributed by atoms with van der Waals surface area (Å²) in [5.41, 5.74) is 2.94.